The molecule has 1 aliphatic heterocycles. The van der Waals surface area contributed by atoms with Crippen LogP contribution in [0.25, 0.3) is 11.3 Å². The molecule has 2 heterocycles. The highest BCUT2D eigenvalue weighted by Gasteiger charge is 2.42. The molecule has 33 heavy (non-hydrogen) atoms. The Kier molecular flexibility index (Phi) is 5.35. The van der Waals surface area contributed by atoms with E-state index in [1.54, 1.807) is 42.2 Å². The average molecular weight is 482 g/mol. The first-order valence-electron chi connectivity index (χ1n) is 10.2. The van der Waals surface area contributed by atoms with Crippen molar-refractivity contribution >= 4 is 29.1 Å². The van der Waals surface area contributed by atoms with Gasteiger partial charge >= 0.3 is 0 Å². The first-order chi connectivity index (χ1) is 15.8. The Labute approximate surface area is 199 Å². The number of halogens is 3. The molecule has 1 unspecified atom stereocenters. The molecule has 2 N–H and O–H groups in total. The number of aryl methyl sites for hydroxylation is 1. The van der Waals surface area contributed by atoms with Crippen molar-refractivity contribution in [1.82, 2.24) is 15.1 Å². The number of hydrogen-bond donors (Lipinski definition) is 2. The van der Waals surface area contributed by atoms with Gasteiger partial charge < -0.3 is 10.0 Å². The van der Waals surface area contributed by atoms with Crippen molar-refractivity contribution in [3.63, 3.8) is 0 Å². The van der Waals surface area contributed by atoms with Crippen molar-refractivity contribution < 1.29 is 14.3 Å². The third kappa shape index (κ3) is 3.65. The lowest BCUT2D eigenvalue weighted by Gasteiger charge is -2.27. The fourth-order valence-corrected chi connectivity index (χ4v) is 4.58. The van der Waals surface area contributed by atoms with Crippen LogP contribution in [0.5, 0.6) is 5.75 Å². The molecule has 5 rings (SSSR count). The Bertz CT molecular complexity index is 1390. The van der Waals surface area contributed by atoms with Gasteiger partial charge in [0.05, 0.1) is 6.04 Å². The number of rotatable bonds is 4. The number of H-pyrrole nitrogens is 1. The summed E-state index contributed by atoms with van der Waals surface area (Å²) in [5, 5.41) is 18.8. The molecule has 1 amide bonds. The molecule has 0 aliphatic carbocycles. The van der Waals surface area contributed by atoms with E-state index in [-0.39, 0.29) is 24.0 Å². The third-order valence-electron chi connectivity index (χ3n) is 5.88. The molecule has 0 spiro atoms. The summed E-state index contributed by atoms with van der Waals surface area (Å²) >= 11 is 12.7. The number of carbonyl (C=O) groups is 1. The molecular weight excluding hydrogens is 464 g/mol. The topological polar surface area (TPSA) is 69.2 Å². The molecule has 166 valence electrons. The highest BCUT2D eigenvalue weighted by atomic mass is 35.5. The molecular formula is C25H18Cl2FN3O2. The molecule has 0 radical (unpaired) electrons. The van der Waals surface area contributed by atoms with E-state index in [0.717, 1.165) is 11.1 Å². The van der Waals surface area contributed by atoms with Crippen LogP contribution < -0.4 is 0 Å². The number of hydrogen-bond acceptors (Lipinski definition) is 3. The van der Waals surface area contributed by atoms with Gasteiger partial charge in [-0.1, -0.05) is 53.5 Å². The lowest BCUT2D eigenvalue weighted by Crippen LogP contribution is -2.29. The van der Waals surface area contributed by atoms with E-state index in [1.807, 2.05) is 18.2 Å². The summed E-state index contributed by atoms with van der Waals surface area (Å²) < 4.78 is 13.7. The smallest absolute Gasteiger partial charge is 0.273 e. The van der Waals surface area contributed by atoms with Crippen LogP contribution in [-0.2, 0) is 6.54 Å². The standard InChI is InChI=1S/C25H18Cl2FN3O2/c1-13-10-20(32)17(11-19(13)27)22-21-23(30-29-22)25(33)31(12-15-4-2-3-5-18(15)26)24(21)14-6-8-16(28)9-7-14/h2-11,24,32H,12H2,1H3,(H,29,30). The number of phenols is 1. The second kappa shape index (κ2) is 8.21. The van der Waals surface area contributed by atoms with Gasteiger partial charge in [-0.3, -0.25) is 9.89 Å². The number of nitrogens with zero attached hydrogens (tertiary/aromatic N) is 2. The van der Waals surface area contributed by atoms with Gasteiger partial charge in [-0.25, -0.2) is 4.39 Å². The Balaban J connectivity index is 1.69. The van der Waals surface area contributed by atoms with Crippen LogP contribution in [0.3, 0.4) is 0 Å². The summed E-state index contributed by atoms with van der Waals surface area (Å²) in [6.07, 6.45) is 0. The summed E-state index contributed by atoms with van der Waals surface area (Å²) in [7, 11) is 0. The minimum absolute atomic E-state index is 0.000980. The van der Waals surface area contributed by atoms with Gasteiger partial charge in [-0.2, -0.15) is 5.10 Å². The predicted molar refractivity (Wildman–Crippen MR) is 125 cm³/mol. The van der Waals surface area contributed by atoms with Gasteiger partial charge in [0.15, 0.2) is 0 Å². The first kappa shape index (κ1) is 21.5. The summed E-state index contributed by atoms with van der Waals surface area (Å²) in [6.45, 7) is 2.03. The Hall–Kier alpha value is -3.35. The number of phenolic OH excluding ortho intramolecular Hbond substituents is 1. The maximum absolute atomic E-state index is 13.7. The molecule has 0 fully saturated rings. The summed E-state index contributed by atoms with van der Waals surface area (Å²) in [6, 6.07) is 15.9. The minimum Gasteiger partial charge on any atom is -0.507 e. The maximum Gasteiger partial charge on any atom is 0.273 e. The molecule has 1 atom stereocenters. The van der Waals surface area contributed by atoms with Crippen LogP contribution in [0.15, 0.2) is 60.7 Å². The van der Waals surface area contributed by atoms with E-state index >= 15 is 0 Å². The van der Waals surface area contributed by atoms with E-state index in [9.17, 15) is 14.3 Å². The molecule has 0 saturated heterocycles. The largest absolute Gasteiger partial charge is 0.507 e. The van der Waals surface area contributed by atoms with E-state index in [0.29, 0.717) is 38.1 Å². The lowest BCUT2D eigenvalue weighted by atomic mass is 9.95. The van der Waals surface area contributed by atoms with E-state index < -0.39 is 6.04 Å². The normalized spacial score (nSPS) is 15.2. The molecule has 1 aromatic heterocycles. The van der Waals surface area contributed by atoms with Crippen molar-refractivity contribution in [3.8, 4) is 17.0 Å². The highest BCUT2D eigenvalue weighted by molar-refractivity contribution is 6.32. The first-order valence-corrected chi connectivity index (χ1v) is 11.0. The zero-order valence-corrected chi connectivity index (χ0v) is 19.0. The van der Waals surface area contributed by atoms with E-state index in [4.69, 9.17) is 23.2 Å². The quantitative estimate of drug-likeness (QED) is 0.360. The van der Waals surface area contributed by atoms with Crippen molar-refractivity contribution in [1.29, 1.82) is 0 Å². The fourth-order valence-electron chi connectivity index (χ4n) is 4.22. The second-order valence-electron chi connectivity index (χ2n) is 7.96. The number of amides is 1. The van der Waals surface area contributed by atoms with Crippen molar-refractivity contribution in [2.45, 2.75) is 19.5 Å². The zero-order chi connectivity index (χ0) is 23.3. The molecule has 0 bridgehead atoms. The summed E-state index contributed by atoms with van der Waals surface area (Å²) in [5.74, 6) is -0.645. The Morgan fingerprint density at radius 3 is 2.55 bits per heavy atom. The van der Waals surface area contributed by atoms with Crippen LogP contribution in [0.2, 0.25) is 10.0 Å². The Morgan fingerprint density at radius 2 is 1.82 bits per heavy atom. The molecule has 3 aromatic carbocycles. The van der Waals surface area contributed by atoms with Gasteiger partial charge in [0, 0.05) is 27.7 Å². The number of aromatic nitrogens is 2. The van der Waals surface area contributed by atoms with Crippen molar-refractivity contribution in [3.05, 3.63) is 104 Å². The van der Waals surface area contributed by atoms with E-state index in [2.05, 4.69) is 10.2 Å². The van der Waals surface area contributed by atoms with Gasteiger partial charge in [0.2, 0.25) is 0 Å². The molecule has 0 saturated carbocycles. The van der Waals surface area contributed by atoms with Gasteiger partial charge in [0.25, 0.3) is 5.91 Å². The van der Waals surface area contributed by atoms with E-state index in [1.165, 1.54) is 12.1 Å². The van der Waals surface area contributed by atoms with Crippen LogP contribution >= 0.6 is 23.2 Å². The van der Waals surface area contributed by atoms with Crippen LogP contribution in [0.1, 0.15) is 38.8 Å². The molecule has 8 heteroatoms. The van der Waals surface area contributed by atoms with Gasteiger partial charge in [0.1, 0.15) is 23.0 Å². The predicted octanol–water partition coefficient (Wildman–Crippen LogP) is 6.28. The van der Waals surface area contributed by atoms with Gasteiger partial charge in [-0.05, 0) is 53.9 Å². The van der Waals surface area contributed by atoms with Gasteiger partial charge in [-0.15, -0.1) is 0 Å². The summed E-state index contributed by atoms with van der Waals surface area (Å²) in [5.41, 5.74) is 3.92. The fraction of sp³-hybridized carbons (Fsp3) is 0.120. The minimum atomic E-state index is -0.572. The van der Waals surface area contributed by atoms with Crippen LogP contribution in [-0.4, -0.2) is 26.1 Å². The average Bonchev–Trinajstić information content (AvgIpc) is 3.32. The second-order valence-corrected chi connectivity index (χ2v) is 8.77. The SMILES string of the molecule is Cc1cc(O)c(-c2n[nH]c3c2C(c2ccc(F)cc2)N(Cc2ccccc2Cl)C3=O)cc1Cl. The molecule has 5 nitrogen and oxygen atoms in total. The zero-order valence-electron chi connectivity index (χ0n) is 17.4. The number of fused-ring (bicyclic) bond motifs is 1. The third-order valence-corrected chi connectivity index (χ3v) is 6.66. The number of carbonyl (C=O) groups excluding carboxylic acids is 1. The monoisotopic (exact) mass is 481 g/mol. The number of nitrogens with one attached hydrogen (secondary N) is 1. The number of aromatic hydroxyl groups is 1. The highest BCUT2D eigenvalue weighted by Crippen LogP contribution is 2.46. The summed E-state index contributed by atoms with van der Waals surface area (Å²) in [4.78, 5) is 15.1. The number of benzene rings is 3. The van der Waals surface area contributed by atoms with Crippen molar-refractivity contribution in [2.24, 2.45) is 0 Å². The number of aromatic amines is 1. The molecule has 4 aromatic rings. The Morgan fingerprint density at radius 1 is 1.09 bits per heavy atom. The van der Waals surface area contributed by atoms with Crippen LogP contribution in [0.4, 0.5) is 4.39 Å². The maximum atomic E-state index is 13.7. The van der Waals surface area contributed by atoms with Crippen molar-refractivity contribution in [2.75, 3.05) is 0 Å². The van der Waals surface area contributed by atoms with Crippen LogP contribution in [0, 0.1) is 12.7 Å². The lowest BCUT2D eigenvalue weighted by molar-refractivity contribution is 0.0730. The molecule has 1 aliphatic rings.